The van der Waals surface area contributed by atoms with Gasteiger partial charge in [0, 0.05) is 13.2 Å². The monoisotopic (exact) mass is 242 g/mol. The van der Waals surface area contributed by atoms with Crippen LogP contribution in [-0.4, -0.2) is 37.3 Å². The topological polar surface area (TPSA) is 60.5 Å². The summed E-state index contributed by atoms with van der Waals surface area (Å²) in [6.45, 7) is 0. The van der Waals surface area contributed by atoms with Gasteiger partial charge in [-0.3, -0.25) is 0 Å². The van der Waals surface area contributed by atoms with E-state index in [0.717, 1.165) is 18.0 Å². The van der Waals surface area contributed by atoms with E-state index >= 15 is 0 Å². The fraction of sp³-hybridized carbons (Fsp3) is 0.600. The van der Waals surface area contributed by atoms with Crippen LogP contribution in [0.5, 0.6) is 0 Å². The average Bonchev–Trinajstić information content (AvgIpc) is 2.70. The average molecular weight is 242 g/mol. The maximum absolute atomic E-state index is 11.2. The van der Waals surface area contributed by atoms with E-state index in [0.29, 0.717) is 17.0 Å². The van der Waals surface area contributed by atoms with E-state index in [-0.39, 0.29) is 5.97 Å². The van der Waals surface area contributed by atoms with E-state index in [1.54, 1.807) is 7.11 Å². The lowest BCUT2D eigenvalue weighted by atomic mass is 9.89. The lowest BCUT2D eigenvalue weighted by molar-refractivity contribution is 0.0328. The highest BCUT2D eigenvalue weighted by Crippen LogP contribution is 2.28. The molecule has 0 unspecified atom stereocenters. The Labute approximate surface area is 97.8 Å². The summed E-state index contributed by atoms with van der Waals surface area (Å²) in [5.41, 5.74) is 0. The fourth-order valence-corrected chi connectivity index (χ4v) is 2.40. The van der Waals surface area contributed by atoms with E-state index in [1.807, 2.05) is 0 Å². The summed E-state index contributed by atoms with van der Waals surface area (Å²) in [5, 5.41) is 4.03. The quantitative estimate of drug-likeness (QED) is 0.811. The van der Waals surface area contributed by atoms with E-state index < -0.39 is 0 Å². The molecule has 1 fully saturated rings. The molecule has 1 aromatic heterocycles. The number of nitrogens with one attached hydrogen (secondary N) is 1. The van der Waals surface area contributed by atoms with Crippen molar-refractivity contribution in [2.75, 3.05) is 19.5 Å². The van der Waals surface area contributed by atoms with Gasteiger partial charge in [-0.1, -0.05) is 11.3 Å². The molecule has 1 saturated carbocycles. The van der Waals surface area contributed by atoms with Gasteiger partial charge in [0.25, 0.3) is 0 Å². The zero-order valence-electron chi connectivity index (χ0n) is 9.23. The molecule has 6 heteroatoms. The fourth-order valence-electron chi connectivity index (χ4n) is 1.59. The number of carbonyl (C=O) groups is 1. The first-order valence-corrected chi connectivity index (χ1v) is 5.88. The zero-order chi connectivity index (χ0) is 11.5. The molecule has 1 aromatic rings. The van der Waals surface area contributed by atoms with E-state index in [4.69, 9.17) is 4.74 Å². The Morgan fingerprint density at radius 3 is 2.94 bits per heavy atom. The summed E-state index contributed by atoms with van der Waals surface area (Å²) in [4.78, 5) is 15.8. The summed E-state index contributed by atoms with van der Waals surface area (Å²) in [6, 6.07) is 0.404. The zero-order valence-corrected chi connectivity index (χ0v) is 10.0. The van der Waals surface area contributed by atoms with Crippen LogP contribution in [0.4, 0.5) is 5.13 Å². The summed E-state index contributed by atoms with van der Waals surface area (Å²) in [6.07, 6.45) is 3.87. The van der Waals surface area contributed by atoms with Gasteiger partial charge in [-0.25, -0.2) is 9.78 Å². The highest BCUT2D eigenvalue weighted by Gasteiger charge is 2.29. The van der Waals surface area contributed by atoms with Gasteiger partial charge in [0.1, 0.15) is 4.88 Å². The number of methoxy groups -OCH3 is 2. The first kappa shape index (κ1) is 11.3. The normalized spacial score (nSPS) is 23.6. The Morgan fingerprint density at radius 2 is 2.31 bits per heavy atom. The van der Waals surface area contributed by atoms with Crippen molar-refractivity contribution in [2.45, 2.75) is 25.0 Å². The molecule has 1 aliphatic carbocycles. The predicted octanol–water partition coefficient (Wildman–Crippen LogP) is 1.52. The smallest absolute Gasteiger partial charge is 0.349 e. The van der Waals surface area contributed by atoms with Gasteiger partial charge < -0.3 is 14.8 Å². The lowest BCUT2D eigenvalue weighted by Gasteiger charge is -2.34. The van der Waals surface area contributed by atoms with Crippen molar-refractivity contribution >= 4 is 22.4 Å². The predicted molar refractivity (Wildman–Crippen MR) is 60.9 cm³/mol. The van der Waals surface area contributed by atoms with Gasteiger partial charge in [-0.15, -0.1) is 0 Å². The van der Waals surface area contributed by atoms with E-state index in [2.05, 4.69) is 15.0 Å². The number of thiazole rings is 1. The SMILES string of the molecule is COC(=O)c1cnc(NC2CC(OC)C2)s1. The van der Waals surface area contributed by atoms with Crippen molar-refractivity contribution < 1.29 is 14.3 Å². The number of esters is 1. The summed E-state index contributed by atoms with van der Waals surface area (Å²) >= 11 is 1.31. The van der Waals surface area contributed by atoms with Crippen LogP contribution < -0.4 is 5.32 Å². The van der Waals surface area contributed by atoms with Crippen molar-refractivity contribution in [1.29, 1.82) is 0 Å². The number of hydrogen-bond acceptors (Lipinski definition) is 6. The Kier molecular flexibility index (Phi) is 3.40. The number of aromatic nitrogens is 1. The maximum Gasteiger partial charge on any atom is 0.349 e. The minimum absolute atomic E-state index is 0.339. The van der Waals surface area contributed by atoms with Gasteiger partial charge in [0.15, 0.2) is 5.13 Å². The second kappa shape index (κ2) is 4.80. The molecule has 2 rings (SSSR count). The maximum atomic E-state index is 11.2. The number of anilines is 1. The van der Waals surface area contributed by atoms with Crippen LogP contribution >= 0.6 is 11.3 Å². The highest BCUT2D eigenvalue weighted by atomic mass is 32.1. The molecule has 5 nitrogen and oxygen atoms in total. The third-order valence-corrected chi connectivity index (χ3v) is 3.56. The van der Waals surface area contributed by atoms with Crippen LogP contribution in [0.3, 0.4) is 0 Å². The molecular formula is C10H14N2O3S. The minimum atomic E-state index is -0.339. The number of rotatable bonds is 4. The third kappa shape index (κ3) is 2.33. The van der Waals surface area contributed by atoms with Crippen LogP contribution in [-0.2, 0) is 9.47 Å². The molecule has 16 heavy (non-hydrogen) atoms. The van der Waals surface area contributed by atoms with Crippen molar-refractivity contribution in [1.82, 2.24) is 4.98 Å². The first-order chi connectivity index (χ1) is 7.72. The number of ether oxygens (including phenoxy) is 2. The molecule has 0 atom stereocenters. The molecular weight excluding hydrogens is 228 g/mol. The van der Waals surface area contributed by atoms with Gasteiger partial charge in [0.2, 0.25) is 0 Å². The number of carbonyl (C=O) groups excluding carboxylic acids is 1. The molecule has 0 spiro atoms. The van der Waals surface area contributed by atoms with E-state index in [1.165, 1.54) is 24.6 Å². The molecule has 0 amide bonds. The molecule has 88 valence electrons. The molecule has 0 saturated heterocycles. The van der Waals surface area contributed by atoms with Crippen molar-refractivity contribution in [3.05, 3.63) is 11.1 Å². The number of hydrogen-bond donors (Lipinski definition) is 1. The van der Waals surface area contributed by atoms with Crippen LogP contribution in [0.25, 0.3) is 0 Å². The van der Waals surface area contributed by atoms with Gasteiger partial charge in [-0.2, -0.15) is 0 Å². The van der Waals surface area contributed by atoms with Crippen LogP contribution in [0.15, 0.2) is 6.20 Å². The standard InChI is InChI=1S/C10H14N2O3S/c1-14-7-3-6(4-7)12-10-11-5-8(16-10)9(13)15-2/h5-7H,3-4H2,1-2H3,(H,11,12). The molecule has 0 aliphatic heterocycles. The van der Waals surface area contributed by atoms with Gasteiger partial charge in [0.05, 0.1) is 19.4 Å². The minimum Gasteiger partial charge on any atom is -0.465 e. The molecule has 0 bridgehead atoms. The van der Waals surface area contributed by atoms with Crippen LogP contribution in [0, 0.1) is 0 Å². The highest BCUT2D eigenvalue weighted by molar-refractivity contribution is 7.17. The molecule has 0 radical (unpaired) electrons. The summed E-state index contributed by atoms with van der Waals surface area (Å²) < 4.78 is 9.80. The van der Waals surface area contributed by atoms with Crippen LogP contribution in [0.2, 0.25) is 0 Å². The van der Waals surface area contributed by atoms with Crippen molar-refractivity contribution in [2.24, 2.45) is 0 Å². The number of nitrogens with zero attached hydrogens (tertiary/aromatic N) is 1. The Morgan fingerprint density at radius 1 is 1.56 bits per heavy atom. The summed E-state index contributed by atoms with van der Waals surface area (Å²) in [5.74, 6) is -0.339. The molecule has 1 heterocycles. The lowest BCUT2D eigenvalue weighted by Crippen LogP contribution is -2.40. The van der Waals surface area contributed by atoms with Crippen molar-refractivity contribution in [3.8, 4) is 0 Å². The second-order valence-corrected chi connectivity index (χ2v) is 4.72. The second-order valence-electron chi connectivity index (χ2n) is 3.69. The third-order valence-electron chi connectivity index (χ3n) is 2.65. The molecule has 1 aliphatic rings. The Balaban J connectivity index is 1.87. The van der Waals surface area contributed by atoms with Gasteiger partial charge in [-0.05, 0) is 12.8 Å². The van der Waals surface area contributed by atoms with E-state index in [9.17, 15) is 4.79 Å². The summed E-state index contributed by atoms with van der Waals surface area (Å²) in [7, 11) is 3.09. The van der Waals surface area contributed by atoms with Crippen LogP contribution in [0.1, 0.15) is 22.5 Å². The molecule has 1 N–H and O–H groups in total. The Bertz CT molecular complexity index is 374. The Hall–Kier alpha value is -1.14. The van der Waals surface area contributed by atoms with Gasteiger partial charge >= 0.3 is 5.97 Å². The largest absolute Gasteiger partial charge is 0.465 e. The first-order valence-electron chi connectivity index (χ1n) is 5.06. The molecule has 0 aromatic carbocycles. The van der Waals surface area contributed by atoms with Crippen molar-refractivity contribution in [3.63, 3.8) is 0 Å².